The molecule has 0 aromatic carbocycles. The third-order valence-corrected chi connectivity index (χ3v) is 18.4. The lowest BCUT2D eigenvalue weighted by Crippen LogP contribution is -2.30. The van der Waals surface area contributed by atoms with E-state index in [2.05, 4.69) is 55.4 Å². The van der Waals surface area contributed by atoms with Crippen LogP contribution in [0.1, 0.15) is 338 Å². The highest BCUT2D eigenvalue weighted by atomic mass is 31.2. The van der Waals surface area contributed by atoms with E-state index >= 15 is 0 Å². The SMILES string of the molecule is CCC(C)CCCCCCCCCCCCC(=O)O[C@H](COC(=O)CCCCCCCCCCCCC(C)C)COP(=O)(O)OC[C@@H](O)COP(=O)(O)OC[C@@H](COC(=O)CCCCCCCCC(C)CC)OC(=O)CCCCCCCCCCC(C)C. The number of aliphatic hydroxyl groups is 1. The molecule has 0 saturated carbocycles. The fraction of sp³-hybridized carbons (Fsp3) is 0.942. The average molecular weight is 1300 g/mol. The predicted octanol–water partition coefficient (Wildman–Crippen LogP) is 19.3. The molecule has 0 radical (unpaired) electrons. The van der Waals surface area contributed by atoms with Gasteiger partial charge >= 0.3 is 39.5 Å². The molecular weight excluding hydrogens is 1160 g/mol. The number of carbonyl (C=O) groups excluding carboxylic acids is 4. The number of phosphoric acid groups is 2. The van der Waals surface area contributed by atoms with Gasteiger partial charge in [-0.3, -0.25) is 37.3 Å². The summed E-state index contributed by atoms with van der Waals surface area (Å²) in [5.41, 5.74) is 0. The molecule has 0 heterocycles. The van der Waals surface area contributed by atoms with Crippen molar-refractivity contribution < 1.29 is 80.2 Å². The highest BCUT2D eigenvalue weighted by molar-refractivity contribution is 7.47. The first-order chi connectivity index (χ1) is 42.2. The van der Waals surface area contributed by atoms with E-state index in [0.717, 1.165) is 120 Å². The van der Waals surface area contributed by atoms with Crippen LogP contribution < -0.4 is 0 Å². The number of phosphoric ester groups is 2. The molecule has 4 unspecified atom stereocenters. The molecule has 522 valence electrons. The van der Waals surface area contributed by atoms with Crippen molar-refractivity contribution in [2.75, 3.05) is 39.6 Å². The topological polar surface area (TPSA) is 237 Å². The van der Waals surface area contributed by atoms with Crippen LogP contribution in [0.25, 0.3) is 0 Å². The Bertz CT molecular complexity index is 1750. The molecule has 0 aliphatic heterocycles. The number of hydrogen-bond donors (Lipinski definition) is 3. The summed E-state index contributed by atoms with van der Waals surface area (Å²) >= 11 is 0. The summed E-state index contributed by atoms with van der Waals surface area (Å²) in [6.07, 6.45) is 40.3. The van der Waals surface area contributed by atoms with E-state index in [-0.39, 0.29) is 25.7 Å². The fourth-order valence-electron chi connectivity index (χ4n) is 10.2. The van der Waals surface area contributed by atoms with Crippen molar-refractivity contribution in [1.29, 1.82) is 0 Å². The second kappa shape index (κ2) is 58.8. The molecule has 0 rings (SSSR count). The molecule has 17 nitrogen and oxygen atoms in total. The van der Waals surface area contributed by atoms with Gasteiger partial charge in [-0.05, 0) is 49.4 Å². The van der Waals surface area contributed by atoms with Crippen molar-refractivity contribution in [2.24, 2.45) is 23.7 Å². The molecule has 0 bridgehead atoms. The van der Waals surface area contributed by atoms with Gasteiger partial charge in [0.05, 0.1) is 26.4 Å². The van der Waals surface area contributed by atoms with E-state index in [4.69, 9.17) is 37.0 Å². The zero-order valence-electron chi connectivity index (χ0n) is 57.3. The quantitative estimate of drug-likeness (QED) is 0.0222. The van der Waals surface area contributed by atoms with Crippen molar-refractivity contribution >= 4 is 39.5 Å². The molecule has 0 fully saturated rings. The zero-order chi connectivity index (χ0) is 65.4. The Hall–Kier alpha value is -1.94. The lowest BCUT2D eigenvalue weighted by molar-refractivity contribution is -0.161. The first-order valence-corrected chi connectivity index (χ1v) is 38.8. The number of ether oxygens (including phenoxy) is 4. The molecule has 19 heteroatoms. The van der Waals surface area contributed by atoms with Crippen molar-refractivity contribution in [3.05, 3.63) is 0 Å². The van der Waals surface area contributed by atoms with E-state index in [1.165, 1.54) is 135 Å². The van der Waals surface area contributed by atoms with Crippen molar-refractivity contribution in [2.45, 2.75) is 356 Å². The van der Waals surface area contributed by atoms with Gasteiger partial charge in [0.25, 0.3) is 0 Å². The van der Waals surface area contributed by atoms with Gasteiger partial charge in [-0.2, -0.15) is 0 Å². The average Bonchev–Trinajstić information content (AvgIpc) is 3.60. The number of esters is 4. The Labute approximate surface area is 537 Å². The zero-order valence-corrected chi connectivity index (χ0v) is 59.1. The molecule has 0 aromatic rings. The summed E-state index contributed by atoms with van der Waals surface area (Å²) in [7, 11) is -9.90. The van der Waals surface area contributed by atoms with Crippen LogP contribution in [0.15, 0.2) is 0 Å². The highest BCUT2D eigenvalue weighted by Crippen LogP contribution is 2.45. The van der Waals surface area contributed by atoms with Crippen molar-refractivity contribution in [1.82, 2.24) is 0 Å². The summed E-state index contributed by atoms with van der Waals surface area (Å²) in [5, 5.41) is 10.6. The minimum atomic E-state index is -4.95. The molecule has 7 atom stereocenters. The summed E-state index contributed by atoms with van der Waals surface area (Å²) in [5.74, 6) is 0.878. The third-order valence-electron chi connectivity index (χ3n) is 16.5. The van der Waals surface area contributed by atoms with Gasteiger partial charge in [0.1, 0.15) is 19.3 Å². The molecule has 0 aromatic heterocycles. The van der Waals surface area contributed by atoms with E-state index in [9.17, 15) is 43.2 Å². The van der Waals surface area contributed by atoms with Gasteiger partial charge in [0, 0.05) is 25.7 Å². The van der Waals surface area contributed by atoms with E-state index in [1.54, 1.807) is 0 Å². The molecule has 0 amide bonds. The first-order valence-electron chi connectivity index (χ1n) is 35.8. The van der Waals surface area contributed by atoms with Crippen LogP contribution in [-0.4, -0.2) is 96.7 Å². The minimum Gasteiger partial charge on any atom is -0.462 e. The Kier molecular flexibility index (Phi) is 57.6. The molecule has 0 aliphatic carbocycles. The third kappa shape index (κ3) is 60.3. The molecule has 88 heavy (non-hydrogen) atoms. The Morgan fingerprint density at radius 1 is 0.318 bits per heavy atom. The van der Waals surface area contributed by atoms with Gasteiger partial charge in [-0.1, -0.05) is 287 Å². The lowest BCUT2D eigenvalue weighted by Gasteiger charge is -2.21. The maximum Gasteiger partial charge on any atom is 0.472 e. The predicted molar refractivity (Wildman–Crippen MR) is 354 cm³/mol. The van der Waals surface area contributed by atoms with Crippen LogP contribution in [0, 0.1) is 23.7 Å². The fourth-order valence-corrected chi connectivity index (χ4v) is 11.8. The second-order valence-corrected chi connectivity index (χ2v) is 29.3. The first kappa shape index (κ1) is 86.1. The summed E-state index contributed by atoms with van der Waals surface area (Å²) < 4.78 is 68.2. The normalized spacial score (nSPS) is 14.9. The summed E-state index contributed by atoms with van der Waals surface area (Å²) in [6.45, 7) is 14.1. The lowest BCUT2D eigenvalue weighted by atomic mass is 9.99. The van der Waals surface area contributed by atoms with Crippen molar-refractivity contribution in [3.63, 3.8) is 0 Å². The summed E-state index contributed by atoms with van der Waals surface area (Å²) in [4.78, 5) is 72.5. The van der Waals surface area contributed by atoms with Gasteiger partial charge in [-0.25, -0.2) is 9.13 Å². The van der Waals surface area contributed by atoms with Crippen LogP contribution in [0.4, 0.5) is 0 Å². The van der Waals surface area contributed by atoms with Crippen LogP contribution in [-0.2, 0) is 65.4 Å². The van der Waals surface area contributed by atoms with Gasteiger partial charge in [0.2, 0.25) is 0 Å². The monoisotopic (exact) mass is 1300 g/mol. The van der Waals surface area contributed by atoms with Gasteiger partial charge in [-0.15, -0.1) is 0 Å². The van der Waals surface area contributed by atoms with E-state index in [0.29, 0.717) is 25.7 Å². The maximum atomic E-state index is 13.0. The highest BCUT2D eigenvalue weighted by Gasteiger charge is 2.30. The van der Waals surface area contributed by atoms with Gasteiger partial charge in [0.15, 0.2) is 12.2 Å². The maximum absolute atomic E-state index is 13.0. The number of unbranched alkanes of at least 4 members (excludes halogenated alkanes) is 30. The Balaban J connectivity index is 5.27. The number of hydrogen-bond acceptors (Lipinski definition) is 15. The minimum absolute atomic E-state index is 0.103. The largest absolute Gasteiger partial charge is 0.472 e. The molecule has 3 N–H and O–H groups in total. The van der Waals surface area contributed by atoms with Gasteiger partial charge < -0.3 is 33.8 Å². The Morgan fingerprint density at radius 2 is 0.545 bits per heavy atom. The smallest absolute Gasteiger partial charge is 0.462 e. The van der Waals surface area contributed by atoms with E-state index < -0.39 is 97.5 Å². The number of rotatable bonds is 66. The standard InChI is InChI=1S/C69H134O17P2/c1-9-61(7)47-39-31-23-16-12-14-18-25-35-43-51-68(73)85-64(55-79-66(71)49-41-33-24-17-13-11-15-21-29-37-45-59(3)4)57-83-87(75,76)81-53-63(70)54-82-88(77,78)84-58-65(56-80-67(72)50-42-34-28-27-32-40-48-62(8)10-2)86-69(74)52-44-36-26-20-19-22-30-38-46-60(5)6/h59-65,70H,9-58H2,1-8H3,(H,75,76)(H,77,78)/t61?,62?,63-,64-,65-/m1/s1. The van der Waals surface area contributed by atoms with Crippen LogP contribution in [0.5, 0.6) is 0 Å². The summed E-state index contributed by atoms with van der Waals surface area (Å²) in [6, 6.07) is 0. The molecule has 0 aliphatic rings. The second-order valence-electron chi connectivity index (χ2n) is 26.4. The van der Waals surface area contributed by atoms with E-state index in [1.807, 2.05) is 0 Å². The number of aliphatic hydroxyl groups excluding tert-OH is 1. The molecule has 0 spiro atoms. The molecule has 0 saturated heterocycles. The Morgan fingerprint density at radius 3 is 0.807 bits per heavy atom. The molecular formula is C69H134O17P2. The van der Waals surface area contributed by atoms with Crippen LogP contribution >= 0.6 is 15.6 Å². The van der Waals surface area contributed by atoms with Crippen molar-refractivity contribution in [3.8, 4) is 0 Å². The van der Waals surface area contributed by atoms with Crippen LogP contribution in [0.3, 0.4) is 0 Å². The number of carbonyl (C=O) groups is 4. The van der Waals surface area contributed by atoms with Crippen LogP contribution in [0.2, 0.25) is 0 Å².